The van der Waals surface area contributed by atoms with Crippen molar-refractivity contribution in [2.75, 3.05) is 0 Å². The molecular formula is C28H34OS2Si. The molecule has 0 N–H and O–H groups in total. The Labute approximate surface area is 203 Å². The summed E-state index contributed by atoms with van der Waals surface area (Å²) in [6, 6.07) is 33.2. The molecule has 0 aliphatic heterocycles. The van der Waals surface area contributed by atoms with Gasteiger partial charge in [0.2, 0.25) is 0 Å². The summed E-state index contributed by atoms with van der Waals surface area (Å²) in [5, 5.41) is 0. The van der Waals surface area contributed by atoms with E-state index in [4.69, 9.17) is 4.43 Å². The SMILES string of the molecule is C=CC[Si](C)(C)OC(CCc1ccccc1)CC(Sc1ccccc1)Sc1ccccc1. The molecule has 0 aliphatic carbocycles. The number of aryl methyl sites for hydroxylation is 1. The van der Waals surface area contributed by atoms with E-state index in [1.807, 2.05) is 29.6 Å². The van der Waals surface area contributed by atoms with Crippen LogP contribution in [0.15, 0.2) is 113 Å². The van der Waals surface area contributed by atoms with E-state index >= 15 is 0 Å². The number of thioether (sulfide) groups is 2. The molecule has 0 saturated heterocycles. The van der Waals surface area contributed by atoms with E-state index in [2.05, 4.69) is 111 Å². The van der Waals surface area contributed by atoms with Crippen LogP contribution in [-0.2, 0) is 10.8 Å². The van der Waals surface area contributed by atoms with E-state index in [1.54, 1.807) is 0 Å². The van der Waals surface area contributed by atoms with E-state index in [1.165, 1.54) is 15.4 Å². The number of allylic oxidation sites excluding steroid dienone is 1. The summed E-state index contributed by atoms with van der Waals surface area (Å²) in [5.74, 6) is 0. The minimum atomic E-state index is -1.79. The summed E-state index contributed by atoms with van der Waals surface area (Å²) in [6.45, 7) is 8.59. The van der Waals surface area contributed by atoms with Crippen molar-refractivity contribution in [2.24, 2.45) is 0 Å². The lowest BCUT2D eigenvalue weighted by molar-refractivity contribution is 0.177. The zero-order chi connectivity index (χ0) is 22.7. The van der Waals surface area contributed by atoms with Crippen molar-refractivity contribution in [3.8, 4) is 0 Å². The summed E-state index contributed by atoms with van der Waals surface area (Å²) in [6.07, 6.45) is 5.35. The summed E-state index contributed by atoms with van der Waals surface area (Å²) in [4.78, 5) is 2.62. The first kappa shape index (κ1) is 24.9. The van der Waals surface area contributed by atoms with Crippen LogP contribution in [0.4, 0.5) is 0 Å². The monoisotopic (exact) mass is 478 g/mol. The number of benzene rings is 3. The molecule has 3 rings (SSSR count). The topological polar surface area (TPSA) is 9.23 Å². The zero-order valence-corrected chi connectivity index (χ0v) is 21.8. The maximum absolute atomic E-state index is 6.85. The third-order valence-corrected chi connectivity index (χ3v) is 10.0. The average molecular weight is 479 g/mol. The van der Waals surface area contributed by atoms with Gasteiger partial charge in [-0.2, -0.15) is 0 Å². The van der Waals surface area contributed by atoms with Gasteiger partial charge in [0.15, 0.2) is 8.32 Å². The van der Waals surface area contributed by atoms with Gasteiger partial charge in [-0.15, -0.1) is 30.1 Å². The minimum absolute atomic E-state index is 0.231. The van der Waals surface area contributed by atoms with Crippen LogP contribution in [0.1, 0.15) is 18.4 Å². The van der Waals surface area contributed by atoms with Crippen LogP contribution >= 0.6 is 23.5 Å². The largest absolute Gasteiger partial charge is 0.414 e. The molecule has 0 fully saturated rings. The number of hydrogen-bond donors (Lipinski definition) is 0. The first-order valence-electron chi connectivity index (χ1n) is 11.3. The van der Waals surface area contributed by atoms with Gasteiger partial charge < -0.3 is 4.43 Å². The summed E-state index contributed by atoms with van der Waals surface area (Å²) in [5.41, 5.74) is 1.38. The van der Waals surface area contributed by atoms with Crippen LogP contribution in [0.5, 0.6) is 0 Å². The molecule has 0 saturated carbocycles. The summed E-state index contributed by atoms with van der Waals surface area (Å²) >= 11 is 3.90. The van der Waals surface area contributed by atoms with Gasteiger partial charge >= 0.3 is 0 Å². The molecule has 1 nitrogen and oxygen atoms in total. The second-order valence-electron chi connectivity index (χ2n) is 8.54. The van der Waals surface area contributed by atoms with Crippen molar-refractivity contribution in [1.82, 2.24) is 0 Å². The minimum Gasteiger partial charge on any atom is -0.414 e. The fraction of sp³-hybridized carbons (Fsp3) is 0.286. The van der Waals surface area contributed by atoms with Gasteiger partial charge in [-0.1, -0.05) is 72.8 Å². The quantitative estimate of drug-likeness (QED) is 0.105. The lowest BCUT2D eigenvalue weighted by Gasteiger charge is -2.31. The molecular weight excluding hydrogens is 445 g/mol. The molecule has 0 spiro atoms. The highest BCUT2D eigenvalue weighted by atomic mass is 32.2. The number of hydrogen-bond acceptors (Lipinski definition) is 3. The third kappa shape index (κ3) is 9.03. The Morgan fingerprint density at radius 2 is 1.31 bits per heavy atom. The van der Waals surface area contributed by atoms with Gasteiger partial charge in [0.25, 0.3) is 0 Å². The van der Waals surface area contributed by atoms with E-state index in [0.717, 1.165) is 25.3 Å². The van der Waals surface area contributed by atoms with Gasteiger partial charge in [0, 0.05) is 15.9 Å². The van der Waals surface area contributed by atoms with E-state index in [9.17, 15) is 0 Å². The predicted molar refractivity (Wildman–Crippen MR) is 145 cm³/mol. The second kappa shape index (κ2) is 13.1. The molecule has 1 unspecified atom stereocenters. The second-order valence-corrected chi connectivity index (χ2v) is 15.6. The highest BCUT2D eigenvalue weighted by Gasteiger charge is 2.28. The lowest BCUT2D eigenvalue weighted by atomic mass is 10.1. The van der Waals surface area contributed by atoms with Crippen LogP contribution in [0.25, 0.3) is 0 Å². The van der Waals surface area contributed by atoms with Crippen LogP contribution in [0.2, 0.25) is 19.1 Å². The van der Waals surface area contributed by atoms with E-state index < -0.39 is 8.32 Å². The van der Waals surface area contributed by atoms with Gasteiger partial charge in [-0.25, -0.2) is 0 Å². The molecule has 0 bridgehead atoms. The molecule has 0 aromatic heterocycles. The van der Waals surface area contributed by atoms with Crippen molar-refractivity contribution in [2.45, 2.75) is 58.9 Å². The molecule has 1 atom stereocenters. The van der Waals surface area contributed by atoms with E-state index in [0.29, 0.717) is 4.58 Å². The highest BCUT2D eigenvalue weighted by Crippen LogP contribution is 2.39. The van der Waals surface area contributed by atoms with Crippen molar-refractivity contribution < 1.29 is 4.43 Å². The fourth-order valence-electron chi connectivity index (χ4n) is 3.68. The summed E-state index contributed by atoms with van der Waals surface area (Å²) < 4.78 is 7.23. The third-order valence-electron chi connectivity index (χ3n) is 5.20. The van der Waals surface area contributed by atoms with Gasteiger partial charge in [0.05, 0.1) is 4.58 Å². The maximum atomic E-state index is 6.85. The Kier molecular flexibility index (Phi) is 10.2. The predicted octanol–water partition coefficient (Wildman–Crippen LogP) is 8.70. The lowest BCUT2D eigenvalue weighted by Crippen LogP contribution is -2.36. The maximum Gasteiger partial charge on any atom is 0.190 e. The molecule has 3 aromatic carbocycles. The van der Waals surface area contributed by atoms with E-state index in [-0.39, 0.29) is 6.10 Å². The molecule has 32 heavy (non-hydrogen) atoms. The Morgan fingerprint density at radius 3 is 1.81 bits per heavy atom. The average Bonchev–Trinajstić information content (AvgIpc) is 2.79. The number of rotatable bonds is 13. The summed E-state index contributed by atoms with van der Waals surface area (Å²) in [7, 11) is -1.79. The Morgan fingerprint density at radius 1 is 0.812 bits per heavy atom. The smallest absolute Gasteiger partial charge is 0.190 e. The molecule has 3 aromatic rings. The molecule has 0 amide bonds. The zero-order valence-electron chi connectivity index (χ0n) is 19.2. The van der Waals surface area contributed by atoms with Gasteiger partial charge in [-0.05, 0) is 68.2 Å². The Bertz CT molecular complexity index is 874. The van der Waals surface area contributed by atoms with Crippen molar-refractivity contribution in [1.29, 1.82) is 0 Å². The van der Waals surface area contributed by atoms with Crippen LogP contribution in [-0.4, -0.2) is 19.0 Å². The molecule has 0 aliphatic rings. The highest BCUT2D eigenvalue weighted by molar-refractivity contribution is 8.17. The van der Waals surface area contributed by atoms with Gasteiger partial charge in [0.1, 0.15) is 0 Å². The molecule has 0 radical (unpaired) electrons. The standard InChI is InChI=1S/C28H34OS2Si/c1-4-22-32(2,3)29-25(21-20-24-14-8-5-9-15-24)23-28(30-26-16-10-6-11-17-26)31-27-18-12-7-13-19-27/h4-19,25,28H,1,20-23H2,2-3H3. The first-order chi connectivity index (χ1) is 15.5. The van der Waals surface area contributed by atoms with Gasteiger partial charge in [-0.3, -0.25) is 0 Å². The fourth-order valence-corrected chi connectivity index (χ4v) is 8.31. The molecule has 0 heterocycles. The van der Waals surface area contributed by atoms with Crippen LogP contribution in [0, 0.1) is 0 Å². The Balaban J connectivity index is 1.76. The normalized spacial score (nSPS) is 12.6. The molecule has 168 valence electrons. The van der Waals surface area contributed by atoms with Crippen molar-refractivity contribution in [3.63, 3.8) is 0 Å². The van der Waals surface area contributed by atoms with Crippen molar-refractivity contribution >= 4 is 31.8 Å². The van der Waals surface area contributed by atoms with Crippen LogP contribution in [0.3, 0.4) is 0 Å². The molecule has 4 heteroatoms. The Hall–Kier alpha value is -1.72. The van der Waals surface area contributed by atoms with Crippen molar-refractivity contribution in [3.05, 3.63) is 109 Å². The van der Waals surface area contributed by atoms with Crippen LogP contribution < -0.4 is 0 Å². The first-order valence-corrected chi connectivity index (χ1v) is 16.2.